The Morgan fingerprint density at radius 1 is 1.22 bits per heavy atom. The molecule has 2 heterocycles. The molecule has 140 valence electrons. The Bertz CT molecular complexity index is 984. The van der Waals surface area contributed by atoms with Crippen molar-refractivity contribution in [1.82, 2.24) is 19.6 Å². The summed E-state index contributed by atoms with van der Waals surface area (Å²) < 4.78 is 1.64. The van der Waals surface area contributed by atoms with Gasteiger partial charge in [0.05, 0.1) is 11.3 Å². The molecule has 1 aliphatic rings. The normalized spacial score (nSPS) is 16.9. The molecule has 0 N–H and O–H groups in total. The minimum Gasteiger partial charge on any atom is -0.294 e. The SMILES string of the molecule is CC(C)CCSc1nc2nc3c(cn2n1)C(=O)C[C@H](c1ccc(Cl)cc1)C3. The molecule has 0 unspecified atom stereocenters. The summed E-state index contributed by atoms with van der Waals surface area (Å²) in [6.45, 7) is 4.41. The standard InChI is InChI=1S/C20H21ClN4OS/c1-12(2)7-8-27-20-23-19-22-17-9-14(13-3-5-15(21)6-4-13)10-18(26)16(17)11-25(19)24-20/h3-6,11-12,14H,7-10H2,1-2H3/t14-/m1/s1. The summed E-state index contributed by atoms with van der Waals surface area (Å²) in [6.07, 6.45) is 4.11. The first-order valence-corrected chi connectivity index (χ1v) is 10.5. The Hall–Kier alpha value is -1.92. The van der Waals surface area contributed by atoms with E-state index in [0.29, 0.717) is 33.9 Å². The average molecular weight is 401 g/mol. The molecule has 4 rings (SSSR count). The van der Waals surface area contributed by atoms with Gasteiger partial charge in [0.25, 0.3) is 5.78 Å². The van der Waals surface area contributed by atoms with Crippen LogP contribution in [0.5, 0.6) is 0 Å². The van der Waals surface area contributed by atoms with Crippen LogP contribution < -0.4 is 0 Å². The molecule has 3 aromatic rings. The van der Waals surface area contributed by atoms with Crippen LogP contribution in [0.4, 0.5) is 0 Å². The Morgan fingerprint density at radius 3 is 2.74 bits per heavy atom. The van der Waals surface area contributed by atoms with Crippen molar-refractivity contribution in [3.63, 3.8) is 0 Å². The van der Waals surface area contributed by atoms with Gasteiger partial charge < -0.3 is 0 Å². The topological polar surface area (TPSA) is 60.1 Å². The molecule has 1 atom stereocenters. The number of halogens is 1. The first-order valence-electron chi connectivity index (χ1n) is 9.17. The lowest BCUT2D eigenvalue weighted by atomic mass is 9.82. The quantitative estimate of drug-likeness (QED) is 0.574. The Labute approximate surface area is 167 Å². The zero-order valence-electron chi connectivity index (χ0n) is 15.4. The largest absolute Gasteiger partial charge is 0.294 e. The van der Waals surface area contributed by atoms with Gasteiger partial charge in [-0.15, -0.1) is 5.10 Å². The van der Waals surface area contributed by atoms with Crippen LogP contribution in [0.15, 0.2) is 35.6 Å². The third kappa shape index (κ3) is 4.01. The number of aromatic nitrogens is 4. The predicted octanol–water partition coefficient (Wildman–Crippen LogP) is 4.83. The molecule has 0 saturated heterocycles. The van der Waals surface area contributed by atoms with Gasteiger partial charge in [0.1, 0.15) is 0 Å². The number of carbonyl (C=O) groups is 1. The summed E-state index contributed by atoms with van der Waals surface area (Å²) in [6, 6.07) is 7.72. The molecule has 0 bridgehead atoms. The third-order valence-electron chi connectivity index (χ3n) is 4.83. The molecule has 5 nitrogen and oxygen atoms in total. The van der Waals surface area contributed by atoms with E-state index in [2.05, 4.69) is 28.9 Å². The summed E-state index contributed by atoms with van der Waals surface area (Å²) in [7, 11) is 0. The molecule has 0 radical (unpaired) electrons. The number of rotatable bonds is 5. The fraction of sp³-hybridized carbons (Fsp3) is 0.400. The molecular formula is C20H21ClN4OS. The van der Waals surface area contributed by atoms with Gasteiger partial charge in [-0.2, -0.15) is 4.98 Å². The van der Waals surface area contributed by atoms with E-state index >= 15 is 0 Å². The molecule has 27 heavy (non-hydrogen) atoms. The summed E-state index contributed by atoms with van der Waals surface area (Å²) in [5.74, 6) is 2.43. The second kappa shape index (κ2) is 7.60. The van der Waals surface area contributed by atoms with Crippen molar-refractivity contribution >= 4 is 34.9 Å². The molecular weight excluding hydrogens is 380 g/mol. The maximum absolute atomic E-state index is 12.7. The zero-order chi connectivity index (χ0) is 19.0. The number of fused-ring (bicyclic) bond motifs is 2. The lowest BCUT2D eigenvalue weighted by Gasteiger charge is -2.23. The van der Waals surface area contributed by atoms with Crippen LogP contribution >= 0.6 is 23.4 Å². The van der Waals surface area contributed by atoms with Crippen molar-refractivity contribution in [2.24, 2.45) is 5.92 Å². The van der Waals surface area contributed by atoms with Gasteiger partial charge in [-0.25, -0.2) is 9.50 Å². The Balaban J connectivity index is 1.59. The Morgan fingerprint density at radius 2 is 2.00 bits per heavy atom. The van der Waals surface area contributed by atoms with Crippen LogP contribution in [-0.2, 0) is 6.42 Å². The summed E-state index contributed by atoms with van der Waals surface area (Å²) >= 11 is 7.62. The van der Waals surface area contributed by atoms with Crippen molar-refractivity contribution < 1.29 is 4.79 Å². The molecule has 0 fully saturated rings. The molecule has 1 aliphatic carbocycles. The minimum atomic E-state index is 0.107. The summed E-state index contributed by atoms with van der Waals surface area (Å²) in [5, 5.41) is 5.89. The van der Waals surface area contributed by atoms with Crippen LogP contribution in [0.2, 0.25) is 5.02 Å². The highest BCUT2D eigenvalue weighted by molar-refractivity contribution is 7.99. The van der Waals surface area contributed by atoms with E-state index in [1.54, 1.807) is 22.5 Å². The first-order chi connectivity index (χ1) is 13.0. The van der Waals surface area contributed by atoms with Crippen LogP contribution in [0.1, 0.15) is 54.2 Å². The van der Waals surface area contributed by atoms with E-state index in [1.165, 1.54) is 0 Å². The molecule has 7 heteroatoms. The number of benzene rings is 1. The van der Waals surface area contributed by atoms with Crippen LogP contribution in [-0.4, -0.2) is 31.1 Å². The third-order valence-corrected chi connectivity index (χ3v) is 5.95. The maximum atomic E-state index is 12.7. The first kappa shape index (κ1) is 18.4. The van der Waals surface area contributed by atoms with E-state index in [9.17, 15) is 4.79 Å². The monoisotopic (exact) mass is 400 g/mol. The van der Waals surface area contributed by atoms with Gasteiger partial charge in [-0.05, 0) is 42.4 Å². The number of hydrogen-bond donors (Lipinski definition) is 0. The van der Waals surface area contributed by atoms with Crippen LogP contribution in [0.25, 0.3) is 5.78 Å². The minimum absolute atomic E-state index is 0.107. The van der Waals surface area contributed by atoms with Gasteiger partial charge in [0.2, 0.25) is 5.16 Å². The summed E-state index contributed by atoms with van der Waals surface area (Å²) in [5.41, 5.74) is 2.59. The second-order valence-electron chi connectivity index (χ2n) is 7.35. The number of Topliss-reactive ketones (excluding diaryl/α,β-unsaturated/α-hetero) is 1. The maximum Gasteiger partial charge on any atom is 0.253 e. The molecule has 0 spiro atoms. The highest BCUT2D eigenvalue weighted by atomic mass is 35.5. The zero-order valence-corrected chi connectivity index (χ0v) is 16.9. The van der Waals surface area contributed by atoms with Crippen molar-refractivity contribution in [3.05, 3.63) is 52.3 Å². The highest BCUT2D eigenvalue weighted by Gasteiger charge is 2.28. The Kier molecular flexibility index (Phi) is 5.19. The van der Waals surface area contributed by atoms with E-state index < -0.39 is 0 Å². The van der Waals surface area contributed by atoms with Gasteiger partial charge in [-0.3, -0.25) is 4.79 Å². The van der Waals surface area contributed by atoms with Crippen molar-refractivity contribution in [2.75, 3.05) is 5.75 Å². The van der Waals surface area contributed by atoms with Gasteiger partial charge in [0, 0.05) is 23.4 Å². The number of carbonyl (C=O) groups excluding carboxylic acids is 1. The average Bonchev–Trinajstić information content (AvgIpc) is 3.02. The van der Waals surface area contributed by atoms with Crippen molar-refractivity contribution in [2.45, 2.75) is 44.2 Å². The predicted molar refractivity (Wildman–Crippen MR) is 108 cm³/mol. The number of nitrogens with zero attached hydrogens (tertiary/aromatic N) is 4. The van der Waals surface area contributed by atoms with E-state index in [1.807, 2.05) is 24.3 Å². The molecule has 1 aromatic carbocycles. The highest BCUT2D eigenvalue weighted by Crippen LogP contribution is 2.32. The van der Waals surface area contributed by atoms with Crippen LogP contribution in [0.3, 0.4) is 0 Å². The molecule has 0 saturated carbocycles. The smallest absolute Gasteiger partial charge is 0.253 e. The van der Waals surface area contributed by atoms with Crippen molar-refractivity contribution in [1.29, 1.82) is 0 Å². The second-order valence-corrected chi connectivity index (χ2v) is 8.85. The molecule has 0 aliphatic heterocycles. The lowest BCUT2D eigenvalue weighted by molar-refractivity contribution is 0.0962. The number of hydrogen-bond acceptors (Lipinski definition) is 5. The molecule has 2 aromatic heterocycles. The van der Waals surface area contributed by atoms with Gasteiger partial charge in [0.15, 0.2) is 5.78 Å². The number of ketones is 1. The fourth-order valence-electron chi connectivity index (χ4n) is 3.28. The van der Waals surface area contributed by atoms with E-state index in [0.717, 1.165) is 29.9 Å². The lowest BCUT2D eigenvalue weighted by Crippen LogP contribution is -2.21. The van der Waals surface area contributed by atoms with Crippen molar-refractivity contribution in [3.8, 4) is 0 Å². The number of thioether (sulfide) groups is 1. The van der Waals surface area contributed by atoms with E-state index in [-0.39, 0.29) is 11.7 Å². The van der Waals surface area contributed by atoms with Gasteiger partial charge >= 0.3 is 0 Å². The molecule has 0 amide bonds. The van der Waals surface area contributed by atoms with Gasteiger partial charge in [-0.1, -0.05) is 49.3 Å². The van der Waals surface area contributed by atoms with Crippen LogP contribution in [0, 0.1) is 5.92 Å². The fourth-order valence-corrected chi connectivity index (χ4v) is 4.47. The summed E-state index contributed by atoms with van der Waals surface area (Å²) in [4.78, 5) is 21.9. The van der Waals surface area contributed by atoms with E-state index in [4.69, 9.17) is 11.6 Å².